The van der Waals surface area contributed by atoms with Gasteiger partial charge in [-0.3, -0.25) is 14.5 Å². The Kier molecular flexibility index (Phi) is 6.01. The maximum Gasteiger partial charge on any atom is 0.243 e. The molecule has 2 aliphatic rings. The molecule has 1 fully saturated rings. The lowest BCUT2D eigenvalue weighted by Gasteiger charge is -2.34. The number of H-pyrrole nitrogens is 1. The van der Waals surface area contributed by atoms with Crippen molar-refractivity contribution in [2.24, 2.45) is 0 Å². The van der Waals surface area contributed by atoms with Crippen LogP contribution in [0, 0.1) is 0 Å². The first-order valence-electron chi connectivity index (χ1n) is 11.6. The topological polar surface area (TPSA) is 93.8 Å². The van der Waals surface area contributed by atoms with Crippen molar-refractivity contribution >= 4 is 38.3 Å². The molecule has 2 aromatic carbocycles. The largest absolute Gasteiger partial charge is 0.360 e. The van der Waals surface area contributed by atoms with Gasteiger partial charge in [-0.05, 0) is 42.7 Å². The number of sulfonamides is 1. The van der Waals surface area contributed by atoms with Crippen LogP contribution in [-0.4, -0.2) is 73.6 Å². The summed E-state index contributed by atoms with van der Waals surface area (Å²) in [6.07, 6.45) is 3.32. The minimum absolute atomic E-state index is 0.0264. The fraction of sp³-hybridized carbons (Fsp3) is 0.360. The molecule has 178 valence electrons. The number of aromatic nitrogens is 1. The van der Waals surface area contributed by atoms with Crippen molar-refractivity contribution < 1.29 is 18.0 Å². The number of piperazine rings is 1. The monoisotopic (exact) mass is 480 g/mol. The quantitative estimate of drug-likeness (QED) is 0.567. The number of Topliss-reactive ketones (excluding diaryl/α,β-unsaturated/α-hetero) is 1. The van der Waals surface area contributed by atoms with E-state index in [1.54, 1.807) is 29.3 Å². The zero-order chi connectivity index (χ0) is 23.9. The minimum atomic E-state index is -3.64. The molecule has 0 bridgehead atoms. The Hall–Kier alpha value is -3.01. The average Bonchev–Trinajstić information content (AvgIpc) is 3.28. The van der Waals surface area contributed by atoms with E-state index in [1.807, 2.05) is 29.2 Å². The number of nitrogens with zero attached hydrogens (tertiary/aromatic N) is 3. The lowest BCUT2D eigenvalue weighted by Crippen LogP contribution is -2.49. The van der Waals surface area contributed by atoms with Gasteiger partial charge in [0.05, 0.1) is 11.4 Å². The van der Waals surface area contributed by atoms with Crippen LogP contribution in [0.1, 0.15) is 29.3 Å². The third-order valence-electron chi connectivity index (χ3n) is 6.78. The van der Waals surface area contributed by atoms with Gasteiger partial charge in [0.25, 0.3) is 0 Å². The number of rotatable bonds is 5. The van der Waals surface area contributed by atoms with Crippen LogP contribution >= 0.6 is 0 Å². The van der Waals surface area contributed by atoms with Gasteiger partial charge < -0.3 is 9.88 Å². The molecule has 5 rings (SSSR count). The summed E-state index contributed by atoms with van der Waals surface area (Å²) in [7, 11) is -3.64. The van der Waals surface area contributed by atoms with Crippen LogP contribution in [0.5, 0.6) is 0 Å². The molecule has 0 atom stereocenters. The first-order chi connectivity index (χ1) is 16.3. The van der Waals surface area contributed by atoms with Gasteiger partial charge in [-0.15, -0.1) is 0 Å². The molecule has 1 aromatic heterocycles. The summed E-state index contributed by atoms with van der Waals surface area (Å²) in [4.78, 5) is 31.9. The minimum Gasteiger partial charge on any atom is -0.360 e. The number of amides is 1. The van der Waals surface area contributed by atoms with Crippen LogP contribution in [0.3, 0.4) is 0 Å². The fourth-order valence-corrected chi connectivity index (χ4v) is 6.40. The Morgan fingerprint density at radius 3 is 2.53 bits per heavy atom. The standard InChI is InChI=1S/C25H28N4O4S/c1-18(30)29-10-4-5-19-15-20(8-9-24(19)29)34(32,33)28-13-11-27(12-14-28)17-25(31)22-16-26-23-7-3-2-6-21(22)23/h2-3,6-9,15-16,26H,4-5,10-14,17H2,1H3. The van der Waals surface area contributed by atoms with E-state index in [9.17, 15) is 18.0 Å². The Morgan fingerprint density at radius 2 is 1.76 bits per heavy atom. The molecule has 9 heteroatoms. The van der Waals surface area contributed by atoms with Crippen molar-refractivity contribution in [1.82, 2.24) is 14.2 Å². The number of fused-ring (bicyclic) bond motifs is 2. The van der Waals surface area contributed by atoms with E-state index in [-0.39, 0.29) is 23.1 Å². The number of benzene rings is 2. The van der Waals surface area contributed by atoms with Gasteiger partial charge in [0, 0.05) is 68.0 Å². The highest BCUT2D eigenvalue weighted by molar-refractivity contribution is 7.89. The van der Waals surface area contributed by atoms with Gasteiger partial charge >= 0.3 is 0 Å². The Bertz CT molecular complexity index is 1360. The number of hydrogen-bond acceptors (Lipinski definition) is 5. The lowest BCUT2D eigenvalue weighted by molar-refractivity contribution is -0.116. The van der Waals surface area contributed by atoms with E-state index in [0.29, 0.717) is 38.3 Å². The molecular formula is C25H28N4O4S. The average molecular weight is 481 g/mol. The van der Waals surface area contributed by atoms with Gasteiger partial charge in [-0.2, -0.15) is 4.31 Å². The van der Waals surface area contributed by atoms with Gasteiger partial charge in [-0.25, -0.2) is 8.42 Å². The van der Waals surface area contributed by atoms with Gasteiger partial charge in [-0.1, -0.05) is 18.2 Å². The van der Waals surface area contributed by atoms with Crippen LogP contribution < -0.4 is 4.90 Å². The number of anilines is 1. The molecule has 1 amide bonds. The molecule has 34 heavy (non-hydrogen) atoms. The fourth-order valence-electron chi connectivity index (χ4n) is 4.93. The van der Waals surface area contributed by atoms with Gasteiger partial charge in [0.15, 0.2) is 5.78 Å². The predicted molar refractivity (Wildman–Crippen MR) is 131 cm³/mol. The number of carbonyl (C=O) groups is 2. The smallest absolute Gasteiger partial charge is 0.243 e. The maximum atomic E-state index is 13.3. The third kappa shape index (κ3) is 4.15. The first kappa shape index (κ1) is 22.8. The highest BCUT2D eigenvalue weighted by atomic mass is 32.2. The second-order valence-corrected chi connectivity index (χ2v) is 10.9. The summed E-state index contributed by atoms with van der Waals surface area (Å²) >= 11 is 0. The number of hydrogen-bond donors (Lipinski definition) is 1. The molecule has 0 radical (unpaired) electrons. The van der Waals surface area contributed by atoms with Gasteiger partial charge in [0.2, 0.25) is 15.9 Å². The first-order valence-corrected chi connectivity index (χ1v) is 13.0. The van der Waals surface area contributed by atoms with Crippen LogP contribution in [0.15, 0.2) is 53.6 Å². The number of ketones is 1. The summed E-state index contributed by atoms with van der Waals surface area (Å²) in [5, 5.41) is 0.907. The van der Waals surface area contributed by atoms with Crippen LogP contribution in [0.25, 0.3) is 10.9 Å². The molecule has 0 aliphatic carbocycles. The predicted octanol–water partition coefficient (Wildman–Crippen LogP) is 2.66. The van der Waals surface area contributed by atoms with Crippen molar-refractivity contribution in [3.8, 4) is 0 Å². The Labute approximate surface area is 199 Å². The Balaban J connectivity index is 1.25. The van der Waals surface area contributed by atoms with Gasteiger partial charge in [0.1, 0.15) is 0 Å². The number of para-hydroxylation sites is 1. The van der Waals surface area contributed by atoms with E-state index < -0.39 is 10.0 Å². The zero-order valence-electron chi connectivity index (χ0n) is 19.2. The van der Waals surface area contributed by atoms with Crippen LogP contribution in [-0.2, 0) is 21.2 Å². The molecule has 3 heterocycles. The molecule has 1 N–H and O–H groups in total. The molecule has 3 aromatic rings. The van der Waals surface area contributed by atoms with E-state index in [0.717, 1.165) is 35.0 Å². The second-order valence-electron chi connectivity index (χ2n) is 8.92. The van der Waals surface area contributed by atoms with Crippen molar-refractivity contribution in [3.63, 3.8) is 0 Å². The molecular weight excluding hydrogens is 452 g/mol. The van der Waals surface area contributed by atoms with E-state index in [2.05, 4.69) is 4.98 Å². The molecule has 0 unspecified atom stereocenters. The summed E-state index contributed by atoms with van der Waals surface area (Å²) in [5.74, 6) is -0.00617. The summed E-state index contributed by atoms with van der Waals surface area (Å²) in [5.41, 5.74) is 3.29. The SMILES string of the molecule is CC(=O)N1CCCc2cc(S(=O)(=O)N3CCN(CC(=O)c4c[nH]c5ccccc45)CC3)ccc21. The second kappa shape index (κ2) is 8.98. The third-order valence-corrected chi connectivity index (χ3v) is 8.67. The van der Waals surface area contributed by atoms with Crippen molar-refractivity contribution in [3.05, 3.63) is 59.8 Å². The molecule has 1 saturated heterocycles. The molecule has 0 saturated carbocycles. The number of carbonyl (C=O) groups excluding carboxylic acids is 2. The normalized spacial score (nSPS) is 17.6. The zero-order valence-corrected chi connectivity index (χ0v) is 20.0. The van der Waals surface area contributed by atoms with Crippen LogP contribution in [0.2, 0.25) is 0 Å². The van der Waals surface area contributed by atoms with Crippen molar-refractivity contribution in [2.45, 2.75) is 24.7 Å². The van der Waals surface area contributed by atoms with E-state index in [4.69, 9.17) is 0 Å². The number of nitrogens with one attached hydrogen (secondary N) is 1. The highest BCUT2D eigenvalue weighted by Gasteiger charge is 2.31. The number of aryl methyl sites for hydroxylation is 1. The summed E-state index contributed by atoms with van der Waals surface area (Å²) in [6.45, 7) is 4.11. The van der Waals surface area contributed by atoms with E-state index >= 15 is 0 Å². The molecule has 8 nitrogen and oxygen atoms in total. The summed E-state index contributed by atoms with van der Waals surface area (Å²) in [6, 6.07) is 12.8. The van der Waals surface area contributed by atoms with Crippen molar-refractivity contribution in [1.29, 1.82) is 0 Å². The van der Waals surface area contributed by atoms with E-state index in [1.165, 1.54) is 11.2 Å². The summed E-state index contributed by atoms with van der Waals surface area (Å²) < 4.78 is 28.1. The van der Waals surface area contributed by atoms with Crippen LogP contribution in [0.4, 0.5) is 5.69 Å². The Morgan fingerprint density at radius 1 is 1.00 bits per heavy atom. The maximum absolute atomic E-state index is 13.3. The number of aromatic amines is 1. The molecule has 2 aliphatic heterocycles. The highest BCUT2D eigenvalue weighted by Crippen LogP contribution is 2.31. The lowest BCUT2D eigenvalue weighted by atomic mass is 10.0. The van der Waals surface area contributed by atoms with Crippen molar-refractivity contribution in [2.75, 3.05) is 44.2 Å². The molecule has 0 spiro atoms.